The van der Waals surface area contributed by atoms with Gasteiger partial charge in [0.2, 0.25) is 0 Å². The molecule has 2 heterocycles. The Morgan fingerprint density at radius 2 is 1.66 bits per heavy atom. The van der Waals surface area contributed by atoms with Crippen molar-refractivity contribution in [2.75, 3.05) is 10.6 Å². The first-order valence-corrected chi connectivity index (χ1v) is 15.5. The van der Waals surface area contributed by atoms with Crippen molar-refractivity contribution in [2.45, 2.75) is 75.9 Å². The highest BCUT2D eigenvalue weighted by Gasteiger charge is 2.37. The average Bonchev–Trinajstić information content (AvgIpc) is 3.58. The number of rotatable bonds is 6. The van der Waals surface area contributed by atoms with Crippen molar-refractivity contribution >= 4 is 50.5 Å². The van der Waals surface area contributed by atoms with E-state index < -0.39 is 39.0 Å². The first-order chi connectivity index (χ1) is 19.1. The van der Waals surface area contributed by atoms with Crippen LogP contribution in [0.25, 0.3) is 10.4 Å². The minimum atomic E-state index is -3.16. The summed E-state index contributed by atoms with van der Waals surface area (Å²) in [4.78, 5) is 43.3. The van der Waals surface area contributed by atoms with Crippen LogP contribution in [0.1, 0.15) is 64.7 Å². The standard InChI is InChI=1S/C29H34N4O6S2/c1-28(2,3)38-26(35)32-21-13-9-18(23-8-7-15-40-23)16-22(21)31-25(34)19-10-14-24(30-17-19)41(37,20-11-12-20)33-27(36)39-29(4,5)6/h7-10,13-17,20H,11-12H2,1-6H3,(H,31,34)(H,32,35). The normalized spacial score (nSPS) is 14.9. The van der Waals surface area contributed by atoms with E-state index in [1.165, 1.54) is 18.3 Å². The lowest BCUT2D eigenvalue weighted by molar-refractivity contribution is 0.0603. The molecule has 1 unspecified atom stereocenters. The lowest BCUT2D eigenvalue weighted by Gasteiger charge is -2.21. The Hall–Kier alpha value is -3.77. The van der Waals surface area contributed by atoms with Gasteiger partial charge in [-0.15, -0.1) is 15.7 Å². The van der Waals surface area contributed by atoms with Gasteiger partial charge in [0, 0.05) is 16.3 Å². The van der Waals surface area contributed by atoms with E-state index in [2.05, 4.69) is 20.0 Å². The highest BCUT2D eigenvalue weighted by molar-refractivity contribution is 7.94. The Morgan fingerprint density at radius 1 is 0.951 bits per heavy atom. The van der Waals surface area contributed by atoms with E-state index >= 15 is 0 Å². The third-order valence-corrected chi connectivity index (χ3v) is 9.14. The van der Waals surface area contributed by atoms with Gasteiger partial charge in [0.05, 0.1) is 16.9 Å². The topological polar surface area (TPSA) is 136 Å². The van der Waals surface area contributed by atoms with E-state index in [4.69, 9.17) is 9.47 Å². The van der Waals surface area contributed by atoms with Crippen LogP contribution in [0.4, 0.5) is 21.0 Å². The van der Waals surface area contributed by atoms with E-state index in [0.717, 1.165) is 10.4 Å². The molecule has 1 aliphatic rings. The summed E-state index contributed by atoms with van der Waals surface area (Å²) in [6, 6.07) is 12.1. The highest BCUT2D eigenvalue weighted by Crippen LogP contribution is 2.36. The number of carbonyl (C=O) groups excluding carboxylic acids is 3. The predicted octanol–water partition coefficient (Wildman–Crippen LogP) is 7.33. The number of carbonyl (C=O) groups is 3. The van der Waals surface area contributed by atoms with Gasteiger partial charge in [-0.25, -0.2) is 18.8 Å². The van der Waals surface area contributed by atoms with E-state index in [1.807, 2.05) is 23.6 Å². The molecule has 2 aromatic heterocycles. The summed E-state index contributed by atoms with van der Waals surface area (Å²) in [5.74, 6) is -0.498. The van der Waals surface area contributed by atoms with Crippen LogP contribution < -0.4 is 10.6 Å². The number of ether oxygens (including phenoxy) is 2. The Balaban J connectivity index is 1.59. The van der Waals surface area contributed by atoms with Gasteiger partial charge >= 0.3 is 12.2 Å². The summed E-state index contributed by atoms with van der Waals surface area (Å²) in [5, 5.41) is 7.30. The number of amides is 3. The molecule has 4 rings (SSSR count). The van der Waals surface area contributed by atoms with Gasteiger partial charge in [-0.1, -0.05) is 12.1 Å². The van der Waals surface area contributed by atoms with Crippen molar-refractivity contribution in [3.63, 3.8) is 0 Å². The zero-order valence-electron chi connectivity index (χ0n) is 23.8. The second-order valence-corrected chi connectivity index (χ2v) is 14.9. The van der Waals surface area contributed by atoms with Crippen molar-refractivity contribution in [1.82, 2.24) is 4.98 Å². The van der Waals surface area contributed by atoms with Crippen LogP contribution in [0.3, 0.4) is 0 Å². The van der Waals surface area contributed by atoms with E-state index in [9.17, 15) is 18.6 Å². The fourth-order valence-corrected chi connectivity index (χ4v) is 6.53. The SMILES string of the molecule is CC(C)(C)OC(=O)N=S(=O)(c1ccc(C(=O)Nc2cc(-c3cccs3)ccc2NC(=O)OC(C)(C)C)cn1)C1CC1. The van der Waals surface area contributed by atoms with E-state index in [-0.39, 0.29) is 15.8 Å². The van der Waals surface area contributed by atoms with Gasteiger partial charge < -0.3 is 14.8 Å². The number of anilines is 2. The summed E-state index contributed by atoms with van der Waals surface area (Å²) in [6.45, 7) is 10.4. The maximum atomic E-state index is 13.7. The molecule has 0 spiro atoms. The smallest absolute Gasteiger partial charge is 0.442 e. The van der Waals surface area contributed by atoms with E-state index in [1.54, 1.807) is 65.0 Å². The van der Waals surface area contributed by atoms with Crippen LogP contribution in [0, 0.1) is 0 Å². The van der Waals surface area contributed by atoms with Gasteiger partial charge in [0.25, 0.3) is 5.91 Å². The Morgan fingerprint density at radius 3 is 2.22 bits per heavy atom. The van der Waals surface area contributed by atoms with Crippen LogP contribution in [0.2, 0.25) is 0 Å². The van der Waals surface area contributed by atoms with Gasteiger partial charge in [0.15, 0.2) is 0 Å². The molecule has 12 heteroatoms. The van der Waals surface area contributed by atoms with Crippen LogP contribution in [-0.2, 0) is 19.2 Å². The molecule has 10 nitrogen and oxygen atoms in total. The van der Waals surface area contributed by atoms with Crippen LogP contribution in [0.5, 0.6) is 0 Å². The molecule has 1 aliphatic carbocycles. The molecule has 0 radical (unpaired) electrons. The maximum Gasteiger partial charge on any atom is 0.442 e. The monoisotopic (exact) mass is 598 g/mol. The molecular weight excluding hydrogens is 564 g/mol. The third-order valence-electron chi connectivity index (χ3n) is 5.59. The van der Waals surface area contributed by atoms with Crippen molar-refractivity contribution in [3.05, 3.63) is 59.6 Å². The lowest BCUT2D eigenvalue weighted by Crippen LogP contribution is -2.27. The molecule has 3 amide bonds. The number of benzene rings is 1. The van der Waals surface area contributed by atoms with Crippen molar-refractivity contribution in [1.29, 1.82) is 0 Å². The van der Waals surface area contributed by atoms with Crippen molar-refractivity contribution < 1.29 is 28.1 Å². The predicted molar refractivity (Wildman–Crippen MR) is 160 cm³/mol. The molecule has 1 aromatic carbocycles. The highest BCUT2D eigenvalue weighted by atomic mass is 32.2. The molecule has 0 bridgehead atoms. The number of hydrogen-bond donors (Lipinski definition) is 2. The summed E-state index contributed by atoms with van der Waals surface area (Å²) in [5.41, 5.74) is 0.271. The minimum Gasteiger partial charge on any atom is -0.444 e. The van der Waals surface area contributed by atoms with Crippen molar-refractivity contribution in [3.8, 4) is 10.4 Å². The van der Waals surface area contributed by atoms with Gasteiger partial charge in [-0.2, -0.15) is 0 Å². The Kier molecular flexibility index (Phi) is 8.55. The average molecular weight is 599 g/mol. The minimum absolute atomic E-state index is 0.120. The third kappa shape index (κ3) is 8.14. The van der Waals surface area contributed by atoms with Crippen LogP contribution in [-0.4, -0.2) is 43.7 Å². The van der Waals surface area contributed by atoms with Gasteiger partial charge in [-0.05, 0) is 95.7 Å². The molecule has 1 saturated carbocycles. The summed E-state index contributed by atoms with van der Waals surface area (Å²) < 4.78 is 28.3. The maximum absolute atomic E-state index is 13.7. The summed E-state index contributed by atoms with van der Waals surface area (Å²) in [7, 11) is -3.16. The molecule has 2 N–H and O–H groups in total. The Labute approximate surface area is 244 Å². The lowest BCUT2D eigenvalue weighted by atomic mass is 10.1. The van der Waals surface area contributed by atoms with Crippen LogP contribution >= 0.6 is 11.3 Å². The summed E-state index contributed by atoms with van der Waals surface area (Å²) >= 11 is 1.54. The molecule has 0 saturated heterocycles. The van der Waals surface area contributed by atoms with E-state index in [0.29, 0.717) is 24.2 Å². The molecule has 1 atom stereocenters. The number of aromatic nitrogens is 1. The fourth-order valence-electron chi connectivity index (χ4n) is 3.72. The molecule has 1 fully saturated rings. The van der Waals surface area contributed by atoms with Gasteiger partial charge in [0.1, 0.15) is 26.0 Å². The zero-order valence-corrected chi connectivity index (χ0v) is 25.5. The summed E-state index contributed by atoms with van der Waals surface area (Å²) in [6.07, 6.45) is 1.04. The van der Waals surface area contributed by atoms with Crippen LogP contribution in [0.15, 0.2) is 63.4 Å². The van der Waals surface area contributed by atoms with Gasteiger partial charge in [-0.3, -0.25) is 10.1 Å². The largest absolute Gasteiger partial charge is 0.444 e. The number of thiophene rings is 1. The second-order valence-electron chi connectivity index (χ2n) is 11.5. The molecule has 41 heavy (non-hydrogen) atoms. The number of nitrogens with one attached hydrogen (secondary N) is 2. The fraction of sp³-hybridized carbons (Fsp3) is 0.379. The van der Waals surface area contributed by atoms with Crippen molar-refractivity contribution in [2.24, 2.45) is 4.36 Å². The molecular formula is C29H34N4O6S2. The zero-order chi connectivity index (χ0) is 30.0. The molecule has 218 valence electrons. The number of hydrogen-bond acceptors (Lipinski definition) is 8. The second kappa shape index (κ2) is 11.6. The number of pyridine rings is 1. The molecule has 3 aromatic rings. The first kappa shape index (κ1) is 30.2. The number of nitrogens with zero attached hydrogens (tertiary/aromatic N) is 2. The molecule has 0 aliphatic heterocycles. The Bertz CT molecular complexity index is 1560. The first-order valence-electron chi connectivity index (χ1n) is 13.1. The quantitative estimate of drug-likeness (QED) is 0.303.